The van der Waals surface area contributed by atoms with Crippen LogP contribution in [0.25, 0.3) is 10.9 Å². The second-order valence-corrected chi connectivity index (χ2v) is 5.47. The van der Waals surface area contributed by atoms with Gasteiger partial charge in [-0.3, -0.25) is 9.59 Å². The Morgan fingerprint density at radius 3 is 2.80 bits per heavy atom. The molecule has 3 rings (SSSR count). The zero-order chi connectivity index (χ0) is 17.8. The maximum absolute atomic E-state index is 12.3. The van der Waals surface area contributed by atoms with Crippen LogP contribution in [0.1, 0.15) is 29.1 Å². The summed E-state index contributed by atoms with van der Waals surface area (Å²) < 4.78 is 10.2. The second kappa shape index (κ2) is 7.04. The lowest BCUT2D eigenvalue weighted by atomic mass is 10.1. The first-order valence-electron chi connectivity index (χ1n) is 7.66. The third-order valence-electron chi connectivity index (χ3n) is 3.65. The van der Waals surface area contributed by atoms with E-state index < -0.39 is 24.0 Å². The standard InChI is InChI=1S/C18H16N2O5/c1-11(15-7-4-8-24-15)19-17(22)10-25-18(23)13-9-16(21)20-14-6-3-2-5-12(13)14/h2-9,11H,10H2,1H3,(H,19,22)(H,20,21)/t11-/m1/s1. The van der Waals surface area contributed by atoms with Gasteiger partial charge in [-0.05, 0) is 25.1 Å². The summed E-state index contributed by atoms with van der Waals surface area (Å²) in [5, 5.41) is 3.21. The Labute approximate surface area is 142 Å². The lowest BCUT2D eigenvalue weighted by molar-refractivity contribution is -0.125. The van der Waals surface area contributed by atoms with Crippen LogP contribution in [0.4, 0.5) is 0 Å². The average Bonchev–Trinajstić information content (AvgIpc) is 3.13. The van der Waals surface area contributed by atoms with Crippen molar-refractivity contribution >= 4 is 22.8 Å². The number of amides is 1. The number of pyridine rings is 1. The molecule has 0 saturated heterocycles. The Bertz CT molecular complexity index is 959. The molecule has 2 aromatic heterocycles. The van der Waals surface area contributed by atoms with Crippen LogP contribution in [-0.2, 0) is 9.53 Å². The average molecular weight is 340 g/mol. The van der Waals surface area contributed by atoms with Crippen LogP contribution in [0.2, 0.25) is 0 Å². The zero-order valence-corrected chi connectivity index (χ0v) is 13.4. The molecule has 0 unspecified atom stereocenters. The van der Waals surface area contributed by atoms with Crippen LogP contribution >= 0.6 is 0 Å². The molecule has 0 bridgehead atoms. The van der Waals surface area contributed by atoms with Crippen LogP contribution in [0, 0.1) is 0 Å². The van der Waals surface area contributed by atoms with E-state index in [0.29, 0.717) is 16.7 Å². The minimum atomic E-state index is -0.733. The molecule has 7 heteroatoms. The van der Waals surface area contributed by atoms with E-state index in [1.165, 1.54) is 6.26 Å². The number of esters is 1. The molecule has 25 heavy (non-hydrogen) atoms. The number of rotatable bonds is 5. The number of aromatic amines is 1. The number of hydrogen-bond acceptors (Lipinski definition) is 5. The smallest absolute Gasteiger partial charge is 0.339 e. The van der Waals surface area contributed by atoms with Crippen molar-refractivity contribution in [1.82, 2.24) is 10.3 Å². The Morgan fingerprint density at radius 2 is 2.04 bits per heavy atom. The fraction of sp³-hybridized carbons (Fsp3) is 0.167. The van der Waals surface area contributed by atoms with E-state index in [4.69, 9.17) is 9.15 Å². The molecule has 0 aliphatic heterocycles. The molecule has 1 aromatic carbocycles. The van der Waals surface area contributed by atoms with Crippen molar-refractivity contribution < 1.29 is 18.7 Å². The Balaban J connectivity index is 1.67. The largest absolute Gasteiger partial charge is 0.467 e. The summed E-state index contributed by atoms with van der Waals surface area (Å²) >= 11 is 0. The predicted molar refractivity (Wildman–Crippen MR) is 90.1 cm³/mol. The van der Waals surface area contributed by atoms with Crippen molar-refractivity contribution in [2.45, 2.75) is 13.0 Å². The van der Waals surface area contributed by atoms with E-state index in [1.807, 2.05) is 0 Å². The maximum atomic E-state index is 12.3. The van der Waals surface area contributed by atoms with E-state index in [1.54, 1.807) is 43.3 Å². The fourth-order valence-corrected chi connectivity index (χ4v) is 2.47. The van der Waals surface area contributed by atoms with Crippen molar-refractivity contribution in [3.05, 3.63) is 70.4 Å². The molecule has 0 saturated carbocycles. The van der Waals surface area contributed by atoms with Gasteiger partial charge in [0.05, 0.1) is 17.9 Å². The number of carbonyl (C=O) groups is 2. The summed E-state index contributed by atoms with van der Waals surface area (Å²) in [5.41, 5.74) is 0.227. The van der Waals surface area contributed by atoms with E-state index >= 15 is 0 Å². The van der Waals surface area contributed by atoms with Crippen molar-refractivity contribution in [2.75, 3.05) is 6.61 Å². The number of furan rings is 1. The van der Waals surface area contributed by atoms with Gasteiger partial charge in [-0.25, -0.2) is 4.79 Å². The summed E-state index contributed by atoms with van der Waals surface area (Å²) in [4.78, 5) is 38.5. The summed E-state index contributed by atoms with van der Waals surface area (Å²) in [6.45, 7) is 1.30. The third kappa shape index (κ3) is 3.77. The first-order chi connectivity index (χ1) is 12.0. The van der Waals surface area contributed by atoms with Crippen molar-refractivity contribution in [3.63, 3.8) is 0 Å². The van der Waals surface area contributed by atoms with Crippen LogP contribution in [0.15, 0.2) is 57.9 Å². The summed E-state index contributed by atoms with van der Waals surface area (Å²) in [6, 6.07) is 11.1. The van der Waals surface area contributed by atoms with E-state index in [9.17, 15) is 14.4 Å². The van der Waals surface area contributed by atoms with Gasteiger partial charge in [0.2, 0.25) is 5.56 Å². The first kappa shape index (κ1) is 16.5. The number of nitrogens with one attached hydrogen (secondary N) is 2. The summed E-state index contributed by atoms with van der Waals surface area (Å²) in [6.07, 6.45) is 1.51. The first-order valence-corrected chi connectivity index (χ1v) is 7.66. The predicted octanol–water partition coefficient (Wildman–Crippen LogP) is 2.16. The highest BCUT2D eigenvalue weighted by Gasteiger charge is 2.16. The lowest BCUT2D eigenvalue weighted by Crippen LogP contribution is -2.31. The molecule has 1 amide bonds. The monoisotopic (exact) mass is 340 g/mol. The van der Waals surface area contributed by atoms with Gasteiger partial charge >= 0.3 is 5.97 Å². The quantitative estimate of drug-likeness (QED) is 0.693. The second-order valence-electron chi connectivity index (χ2n) is 5.47. The Morgan fingerprint density at radius 1 is 1.24 bits per heavy atom. The van der Waals surface area contributed by atoms with Gasteiger partial charge < -0.3 is 19.5 Å². The van der Waals surface area contributed by atoms with Gasteiger partial charge in [-0.2, -0.15) is 0 Å². The van der Waals surface area contributed by atoms with Gasteiger partial charge in [0.25, 0.3) is 5.91 Å². The topological polar surface area (TPSA) is 101 Å². The van der Waals surface area contributed by atoms with Crippen LogP contribution < -0.4 is 10.9 Å². The molecule has 7 nitrogen and oxygen atoms in total. The van der Waals surface area contributed by atoms with Crippen LogP contribution in [0.3, 0.4) is 0 Å². The normalized spacial score (nSPS) is 11.9. The van der Waals surface area contributed by atoms with Gasteiger partial charge in [0.1, 0.15) is 5.76 Å². The van der Waals surface area contributed by atoms with E-state index in [-0.39, 0.29) is 11.6 Å². The number of hydrogen-bond donors (Lipinski definition) is 2. The number of benzene rings is 1. The van der Waals surface area contributed by atoms with Crippen molar-refractivity contribution in [3.8, 4) is 0 Å². The summed E-state index contributed by atoms with van der Waals surface area (Å²) in [5.74, 6) is -0.602. The van der Waals surface area contributed by atoms with Gasteiger partial charge in [0.15, 0.2) is 6.61 Å². The lowest BCUT2D eigenvalue weighted by Gasteiger charge is -2.12. The Kier molecular flexibility index (Phi) is 4.65. The number of fused-ring (bicyclic) bond motifs is 1. The SMILES string of the molecule is C[C@@H](NC(=O)COC(=O)c1cc(=O)[nH]c2ccccc12)c1ccco1. The fourth-order valence-electron chi connectivity index (χ4n) is 2.47. The number of para-hydroxylation sites is 1. The molecule has 128 valence electrons. The minimum Gasteiger partial charge on any atom is -0.467 e. The maximum Gasteiger partial charge on any atom is 0.339 e. The molecule has 2 heterocycles. The number of carbonyl (C=O) groups excluding carboxylic acids is 2. The van der Waals surface area contributed by atoms with Crippen LogP contribution in [0.5, 0.6) is 0 Å². The molecule has 0 radical (unpaired) electrons. The Hall–Kier alpha value is -3.35. The van der Waals surface area contributed by atoms with E-state index in [2.05, 4.69) is 10.3 Å². The molecule has 1 atom stereocenters. The summed E-state index contributed by atoms with van der Waals surface area (Å²) in [7, 11) is 0. The van der Waals surface area contributed by atoms with E-state index in [0.717, 1.165) is 6.07 Å². The van der Waals surface area contributed by atoms with Gasteiger partial charge in [-0.15, -0.1) is 0 Å². The molecular formula is C18H16N2O5. The highest BCUT2D eigenvalue weighted by Crippen LogP contribution is 2.15. The van der Waals surface area contributed by atoms with Crippen molar-refractivity contribution in [1.29, 1.82) is 0 Å². The molecule has 0 fully saturated rings. The van der Waals surface area contributed by atoms with Gasteiger partial charge in [-0.1, -0.05) is 18.2 Å². The molecule has 0 aliphatic rings. The molecule has 2 N–H and O–H groups in total. The number of H-pyrrole nitrogens is 1. The molecule has 0 aliphatic carbocycles. The minimum absolute atomic E-state index is 0.117. The van der Waals surface area contributed by atoms with Gasteiger partial charge in [0, 0.05) is 17.0 Å². The number of aromatic nitrogens is 1. The zero-order valence-electron chi connectivity index (χ0n) is 13.4. The van der Waals surface area contributed by atoms with Crippen LogP contribution in [-0.4, -0.2) is 23.5 Å². The molecular weight excluding hydrogens is 324 g/mol. The molecule has 0 spiro atoms. The number of ether oxygens (including phenoxy) is 1. The highest BCUT2D eigenvalue weighted by atomic mass is 16.5. The highest BCUT2D eigenvalue weighted by molar-refractivity contribution is 6.03. The van der Waals surface area contributed by atoms with Crippen molar-refractivity contribution in [2.24, 2.45) is 0 Å². The third-order valence-corrected chi connectivity index (χ3v) is 3.65. The molecule has 3 aromatic rings.